The zero-order chi connectivity index (χ0) is 32.7. The summed E-state index contributed by atoms with van der Waals surface area (Å²) in [4.78, 5) is 14.2. The Balaban J connectivity index is 1.24. The van der Waals surface area contributed by atoms with Crippen LogP contribution in [0.15, 0.2) is 24.3 Å². The predicted octanol–water partition coefficient (Wildman–Crippen LogP) is 2.21. The number of rotatable bonds is 9. The van der Waals surface area contributed by atoms with E-state index in [4.69, 9.17) is 23.7 Å². The number of aliphatic carboxylic acids is 1. The summed E-state index contributed by atoms with van der Waals surface area (Å²) < 4.78 is 28.3. The fourth-order valence-electron chi connectivity index (χ4n) is 7.94. The zero-order valence-electron chi connectivity index (χ0n) is 26.8. The number of methoxy groups -OCH3 is 3. The monoisotopic (exact) mass is 642 g/mol. The molecule has 0 bridgehead atoms. The summed E-state index contributed by atoms with van der Waals surface area (Å²) in [7, 11) is 4.88. The maximum atomic E-state index is 11.6. The Morgan fingerprint density at radius 2 is 1.54 bits per heavy atom. The van der Waals surface area contributed by atoms with Crippen molar-refractivity contribution in [3.05, 3.63) is 46.5 Å². The second-order valence-electron chi connectivity index (χ2n) is 12.9. The number of hydrogen-bond acceptors (Lipinski definition) is 11. The Labute approximate surface area is 269 Å². The van der Waals surface area contributed by atoms with Gasteiger partial charge in [0.2, 0.25) is 6.29 Å². The van der Waals surface area contributed by atoms with Crippen molar-refractivity contribution in [2.24, 2.45) is 11.8 Å². The molecule has 2 fully saturated rings. The normalized spacial score (nSPS) is 32.5. The number of nitrogens with one attached hydrogen (secondary N) is 1. The van der Waals surface area contributed by atoms with Gasteiger partial charge < -0.3 is 49.4 Å². The van der Waals surface area contributed by atoms with E-state index in [1.807, 2.05) is 12.1 Å². The molecule has 2 aromatic carbocycles. The fourth-order valence-corrected chi connectivity index (χ4v) is 7.94. The SMILES string of the molecule is CCC1CN2CCc3cc(OC)c(OC)cc3C2CC1CC1NCCc2cc(OC3O[C@@H](C(=O)O)[C@H](O)[C@@H](O)[C@@H]3O)c(OC)cc21. The number of fused-ring (bicyclic) bond motifs is 4. The summed E-state index contributed by atoms with van der Waals surface area (Å²) in [5.74, 6) is 1.77. The molecule has 5 unspecified atom stereocenters. The maximum Gasteiger partial charge on any atom is 0.335 e. The number of nitrogens with zero attached hydrogens (tertiary/aromatic N) is 1. The number of ether oxygens (including phenoxy) is 5. The number of benzene rings is 2. The van der Waals surface area contributed by atoms with Gasteiger partial charge in [0.25, 0.3) is 0 Å². The smallest absolute Gasteiger partial charge is 0.335 e. The van der Waals surface area contributed by atoms with Gasteiger partial charge in [0.15, 0.2) is 29.1 Å². The molecule has 4 aliphatic rings. The van der Waals surface area contributed by atoms with E-state index in [1.165, 1.54) is 18.2 Å². The minimum absolute atomic E-state index is 0.0932. The van der Waals surface area contributed by atoms with Crippen LogP contribution in [0.3, 0.4) is 0 Å². The molecule has 0 amide bonds. The van der Waals surface area contributed by atoms with Gasteiger partial charge in [0.1, 0.15) is 18.3 Å². The number of carboxylic acid groups (broad SMARTS) is 1. The molecule has 0 saturated carbocycles. The minimum atomic E-state index is -1.80. The van der Waals surface area contributed by atoms with Crippen LogP contribution in [0.4, 0.5) is 0 Å². The van der Waals surface area contributed by atoms with Crippen LogP contribution in [-0.2, 0) is 22.4 Å². The van der Waals surface area contributed by atoms with Crippen LogP contribution in [-0.4, -0.2) is 103 Å². The van der Waals surface area contributed by atoms with Gasteiger partial charge in [-0.05, 0) is 90.6 Å². The summed E-state index contributed by atoms with van der Waals surface area (Å²) in [6.45, 7) is 5.14. The van der Waals surface area contributed by atoms with Crippen molar-refractivity contribution < 1.29 is 48.9 Å². The van der Waals surface area contributed by atoms with E-state index < -0.39 is 36.7 Å². The van der Waals surface area contributed by atoms with E-state index in [0.717, 1.165) is 74.4 Å². The Morgan fingerprint density at radius 3 is 2.24 bits per heavy atom. The van der Waals surface area contributed by atoms with Crippen molar-refractivity contribution in [1.29, 1.82) is 0 Å². The predicted molar refractivity (Wildman–Crippen MR) is 166 cm³/mol. The molecule has 2 saturated heterocycles. The minimum Gasteiger partial charge on any atom is -0.493 e. The lowest BCUT2D eigenvalue weighted by Gasteiger charge is -2.48. The number of carbonyl (C=O) groups is 1. The average molecular weight is 643 g/mol. The maximum absolute atomic E-state index is 11.6. The van der Waals surface area contributed by atoms with Gasteiger partial charge in [-0.2, -0.15) is 0 Å². The highest BCUT2D eigenvalue weighted by molar-refractivity contribution is 5.73. The third-order valence-corrected chi connectivity index (χ3v) is 10.5. The van der Waals surface area contributed by atoms with Crippen LogP contribution in [0.2, 0.25) is 0 Å². The molecular formula is C34H46N2O10. The molecule has 2 aromatic rings. The molecule has 12 heteroatoms. The van der Waals surface area contributed by atoms with Gasteiger partial charge in [-0.1, -0.05) is 13.3 Å². The van der Waals surface area contributed by atoms with Crippen molar-refractivity contribution in [2.75, 3.05) is 41.0 Å². The number of hydrogen-bond donors (Lipinski definition) is 5. The Hall–Kier alpha value is -3.13. The first-order chi connectivity index (χ1) is 22.2. The van der Waals surface area contributed by atoms with Crippen LogP contribution >= 0.6 is 0 Å². The molecule has 9 atom stereocenters. The Kier molecular flexibility index (Phi) is 9.65. The van der Waals surface area contributed by atoms with Gasteiger partial charge in [-0.25, -0.2) is 4.79 Å². The zero-order valence-corrected chi connectivity index (χ0v) is 26.8. The molecule has 4 aliphatic heterocycles. The van der Waals surface area contributed by atoms with Gasteiger partial charge in [-0.3, -0.25) is 4.90 Å². The topological polar surface area (TPSA) is 159 Å². The highest BCUT2D eigenvalue weighted by atomic mass is 16.7. The summed E-state index contributed by atoms with van der Waals surface area (Å²) in [5, 5.41) is 44.0. The van der Waals surface area contributed by atoms with Gasteiger partial charge in [0, 0.05) is 25.2 Å². The Morgan fingerprint density at radius 1 is 0.891 bits per heavy atom. The standard InChI is InChI=1S/C34H46N2O10/c1-5-17-16-36-9-7-19-12-25(42-2)26(43-3)15-22(19)24(36)11-20(17)10-23-21-14-27(44-4)28(13-18(21)6-8-35-23)45-34-31(39)29(37)30(38)32(46-34)33(40)41/h12-15,17,20,23-24,29-32,34-35,37-39H,5-11,16H2,1-4H3,(H,40,41)/t17?,20?,23?,24?,29-,30-,31+,32-,34?/m1/s1. The number of aliphatic hydroxyl groups excluding tert-OH is 3. The quantitative estimate of drug-likeness (QED) is 0.272. The van der Waals surface area contributed by atoms with Crippen molar-refractivity contribution in [3.63, 3.8) is 0 Å². The van der Waals surface area contributed by atoms with E-state index >= 15 is 0 Å². The molecule has 4 heterocycles. The molecule has 5 N–H and O–H groups in total. The molecule has 12 nitrogen and oxygen atoms in total. The summed E-state index contributed by atoms with van der Waals surface area (Å²) >= 11 is 0. The fraction of sp³-hybridized carbons (Fsp3) is 0.618. The van der Waals surface area contributed by atoms with Crippen LogP contribution in [0, 0.1) is 11.8 Å². The van der Waals surface area contributed by atoms with Crippen molar-refractivity contribution in [3.8, 4) is 23.0 Å². The molecule has 46 heavy (non-hydrogen) atoms. The lowest BCUT2D eigenvalue weighted by Crippen LogP contribution is -2.61. The largest absolute Gasteiger partial charge is 0.493 e. The van der Waals surface area contributed by atoms with Gasteiger partial charge in [-0.15, -0.1) is 0 Å². The summed E-state index contributed by atoms with van der Waals surface area (Å²) in [5.41, 5.74) is 4.84. The Bertz CT molecular complexity index is 1420. The van der Waals surface area contributed by atoms with E-state index in [2.05, 4.69) is 29.3 Å². The lowest BCUT2D eigenvalue weighted by atomic mass is 9.72. The van der Waals surface area contributed by atoms with Crippen LogP contribution in [0.5, 0.6) is 23.0 Å². The van der Waals surface area contributed by atoms with Crippen LogP contribution in [0.25, 0.3) is 0 Å². The molecule has 0 spiro atoms. The van der Waals surface area contributed by atoms with E-state index in [0.29, 0.717) is 23.6 Å². The van der Waals surface area contributed by atoms with Gasteiger partial charge in [0.05, 0.1) is 21.3 Å². The van der Waals surface area contributed by atoms with Gasteiger partial charge >= 0.3 is 5.97 Å². The first-order valence-corrected chi connectivity index (χ1v) is 16.2. The van der Waals surface area contributed by atoms with Crippen molar-refractivity contribution in [1.82, 2.24) is 10.2 Å². The third-order valence-electron chi connectivity index (χ3n) is 10.5. The van der Waals surface area contributed by atoms with Crippen LogP contribution in [0.1, 0.15) is 60.5 Å². The average Bonchev–Trinajstić information content (AvgIpc) is 3.07. The molecular weight excluding hydrogens is 596 g/mol. The number of aliphatic hydroxyl groups is 3. The summed E-state index contributed by atoms with van der Waals surface area (Å²) in [6.07, 6.45) is -3.65. The van der Waals surface area contributed by atoms with E-state index in [1.54, 1.807) is 14.2 Å². The molecule has 252 valence electrons. The van der Waals surface area contributed by atoms with Crippen LogP contribution < -0.4 is 24.3 Å². The summed E-state index contributed by atoms with van der Waals surface area (Å²) in [6, 6.07) is 8.51. The van der Waals surface area contributed by atoms with E-state index in [9.17, 15) is 25.2 Å². The third kappa shape index (κ3) is 6.02. The highest BCUT2D eigenvalue weighted by Gasteiger charge is 2.48. The number of piperidine rings is 1. The molecule has 6 rings (SSSR count). The molecule has 0 aromatic heterocycles. The van der Waals surface area contributed by atoms with Crippen molar-refractivity contribution >= 4 is 5.97 Å². The lowest BCUT2D eigenvalue weighted by molar-refractivity contribution is -0.271. The number of carboxylic acids is 1. The second-order valence-corrected chi connectivity index (χ2v) is 12.9. The molecule has 0 aliphatic carbocycles. The van der Waals surface area contributed by atoms with Crippen molar-refractivity contribution in [2.45, 2.75) is 81.8 Å². The highest BCUT2D eigenvalue weighted by Crippen LogP contribution is 2.48. The first-order valence-electron chi connectivity index (χ1n) is 16.2. The molecule has 0 radical (unpaired) electrons. The van der Waals surface area contributed by atoms with E-state index in [-0.39, 0.29) is 11.8 Å². The second kappa shape index (κ2) is 13.5. The first kappa shape index (κ1) is 32.8.